The SMILES string of the molecule is CC(C)(N)C(C)(C)N.[Ni]. The fourth-order valence-corrected chi connectivity index (χ4v) is 0. The zero-order valence-electron chi connectivity index (χ0n) is 6.47. The molecule has 0 aliphatic rings. The summed E-state index contributed by atoms with van der Waals surface area (Å²) in [5.74, 6) is 0. The van der Waals surface area contributed by atoms with Crippen LogP contribution in [0.5, 0.6) is 0 Å². The van der Waals surface area contributed by atoms with E-state index < -0.39 is 0 Å². The second-order valence-electron chi connectivity index (χ2n) is 3.44. The van der Waals surface area contributed by atoms with Crippen LogP contribution in [-0.4, -0.2) is 11.1 Å². The molecule has 0 amide bonds. The van der Waals surface area contributed by atoms with E-state index in [1.54, 1.807) is 0 Å². The van der Waals surface area contributed by atoms with E-state index in [1.807, 2.05) is 27.7 Å². The van der Waals surface area contributed by atoms with Crippen LogP contribution in [0.2, 0.25) is 0 Å². The molecular formula is C6H16N2Ni. The van der Waals surface area contributed by atoms with Gasteiger partial charge in [-0.15, -0.1) is 0 Å². The molecule has 0 aromatic rings. The Morgan fingerprint density at radius 1 is 0.778 bits per heavy atom. The minimum atomic E-state index is -0.285. The van der Waals surface area contributed by atoms with Gasteiger partial charge in [0.25, 0.3) is 0 Å². The molecule has 0 aromatic carbocycles. The van der Waals surface area contributed by atoms with Crippen LogP contribution < -0.4 is 11.5 Å². The summed E-state index contributed by atoms with van der Waals surface area (Å²) in [7, 11) is 0. The van der Waals surface area contributed by atoms with Crippen LogP contribution in [0, 0.1) is 0 Å². The summed E-state index contributed by atoms with van der Waals surface area (Å²) in [6, 6.07) is 0. The molecule has 0 aromatic heterocycles. The Morgan fingerprint density at radius 2 is 0.889 bits per heavy atom. The van der Waals surface area contributed by atoms with E-state index in [-0.39, 0.29) is 27.6 Å². The van der Waals surface area contributed by atoms with Crippen LogP contribution in [0.4, 0.5) is 0 Å². The monoisotopic (exact) mass is 174 g/mol. The van der Waals surface area contributed by atoms with E-state index >= 15 is 0 Å². The minimum Gasteiger partial charge on any atom is -0.324 e. The molecule has 0 spiro atoms. The fourth-order valence-electron chi connectivity index (χ4n) is 0. The van der Waals surface area contributed by atoms with E-state index in [4.69, 9.17) is 11.5 Å². The van der Waals surface area contributed by atoms with Crippen molar-refractivity contribution in [1.29, 1.82) is 0 Å². The van der Waals surface area contributed by atoms with Crippen molar-refractivity contribution in [2.45, 2.75) is 38.8 Å². The first kappa shape index (κ1) is 12.1. The van der Waals surface area contributed by atoms with Gasteiger partial charge in [0.1, 0.15) is 0 Å². The Bertz CT molecular complexity index is 66.0. The van der Waals surface area contributed by atoms with Gasteiger partial charge in [0.2, 0.25) is 0 Å². The van der Waals surface area contributed by atoms with Gasteiger partial charge in [0.05, 0.1) is 0 Å². The zero-order valence-corrected chi connectivity index (χ0v) is 7.46. The second kappa shape index (κ2) is 3.00. The van der Waals surface area contributed by atoms with Crippen molar-refractivity contribution >= 4 is 0 Å². The quantitative estimate of drug-likeness (QED) is 0.568. The second-order valence-corrected chi connectivity index (χ2v) is 3.44. The Hall–Kier alpha value is 0.414. The molecule has 60 valence electrons. The maximum absolute atomic E-state index is 5.69. The number of hydrogen-bond donors (Lipinski definition) is 2. The maximum Gasteiger partial charge on any atom is 0.0274 e. The molecule has 0 bridgehead atoms. The molecular weight excluding hydrogens is 159 g/mol. The van der Waals surface area contributed by atoms with E-state index in [2.05, 4.69) is 0 Å². The van der Waals surface area contributed by atoms with Crippen molar-refractivity contribution in [2.24, 2.45) is 11.5 Å². The minimum absolute atomic E-state index is 0. The van der Waals surface area contributed by atoms with E-state index in [1.165, 1.54) is 0 Å². The smallest absolute Gasteiger partial charge is 0.0274 e. The summed E-state index contributed by atoms with van der Waals surface area (Å²) in [5.41, 5.74) is 10.8. The zero-order chi connectivity index (χ0) is 7.00. The van der Waals surface area contributed by atoms with Crippen LogP contribution in [0.15, 0.2) is 0 Å². The third kappa shape index (κ3) is 3.91. The van der Waals surface area contributed by atoms with Gasteiger partial charge < -0.3 is 11.5 Å². The first-order chi connectivity index (χ1) is 3.25. The molecule has 3 heteroatoms. The van der Waals surface area contributed by atoms with Crippen molar-refractivity contribution in [3.05, 3.63) is 0 Å². The third-order valence-corrected chi connectivity index (χ3v) is 1.66. The van der Waals surface area contributed by atoms with Gasteiger partial charge in [0, 0.05) is 27.6 Å². The summed E-state index contributed by atoms with van der Waals surface area (Å²) in [6.07, 6.45) is 0. The number of nitrogens with two attached hydrogens (primary N) is 2. The number of hydrogen-bond acceptors (Lipinski definition) is 2. The van der Waals surface area contributed by atoms with Gasteiger partial charge in [-0.2, -0.15) is 0 Å². The molecule has 9 heavy (non-hydrogen) atoms. The Morgan fingerprint density at radius 3 is 0.889 bits per heavy atom. The van der Waals surface area contributed by atoms with Gasteiger partial charge in [-0.3, -0.25) is 0 Å². The molecule has 4 N–H and O–H groups in total. The average Bonchev–Trinajstić information content (AvgIpc) is 1.25. The third-order valence-electron chi connectivity index (χ3n) is 1.66. The molecule has 0 atom stereocenters. The summed E-state index contributed by atoms with van der Waals surface area (Å²) >= 11 is 0. The standard InChI is InChI=1S/C6H16N2.Ni/c1-5(2,7)6(3,4)8;/h7-8H2,1-4H3;. The van der Waals surface area contributed by atoms with Crippen molar-refractivity contribution in [2.75, 3.05) is 0 Å². The van der Waals surface area contributed by atoms with Crippen LogP contribution >= 0.6 is 0 Å². The molecule has 0 fully saturated rings. The predicted octanol–water partition coefficient (Wildman–Crippen LogP) is 0.459. The molecule has 0 aliphatic carbocycles. The maximum atomic E-state index is 5.69. The molecule has 0 rings (SSSR count). The first-order valence-electron chi connectivity index (χ1n) is 2.83. The number of rotatable bonds is 1. The van der Waals surface area contributed by atoms with Gasteiger partial charge in [0.15, 0.2) is 0 Å². The molecule has 0 saturated carbocycles. The van der Waals surface area contributed by atoms with Gasteiger partial charge >= 0.3 is 0 Å². The normalized spacial score (nSPS) is 12.7. The largest absolute Gasteiger partial charge is 0.324 e. The predicted molar refractivity (Wildman–Crippen MR) is 36.5 cm³/mol. The molecule has 0 aliphatic heterocycles. The Balaban J connectivity index is 0. The van der Waals surface area contributed by atoms with Gasteiger partial charge in [-0.05, 0) is 27.7 Å². The van der Waals surface area contributed by atoms with Crippen molar-refractivity contribution in [3.8, 4) is 0 Å². The van der Waals surface area contributed by atoms with Gasteiger partial charge in [-0.25, -0.2) is 0 Å². The van der Waals surface area contributed by atoms with Crippen molar-refractivity contribution in [3.63, 3.8) is 0 Å². The summed E-state index contributed by atoms with van der Waals surface area (Å²) in [4.78, 5) is 0. The van der Waals surface area contributed by atoms with Crippen LogP contribution in [0.25, 0.3) is 0 Å². The molecule has 0 saturated heterocycles. The summed E-state index contributed by atoms with van der Waals surface area (Å²) < 4.78 is 0. The topological polar surface area (TPSA) is 52.0 Å². The van der Waals surface area contributed by atoms with Crippen LogP contribution in [0.1, 0.15) is 27.7 Å². The van der Waals surface area contributed by atoms with Crippen molar-refractivity contribution < 1.29 is 16.5 Å². The summed E-state index contributed by atoms with van der Waals surface area (Å²) in [5, 5.41) is 0. The molecule has 0 radical (unpaired) electrons. The van der Waals surface area contributed by atoms with E-state index in [0.29, 0.717) is 0 Å². The first-order valence-corrected chi connectivity index (χ1v) is 2.83. The van der Waals surface area contributed by atoms with E-state index in [0.717, 1.165) is 0 Å². The Labute approximate surface area is 67.3 Å². The summed E-state index contributed by atoms with van der Waals surface area (Å²) in [6.45, 7) is 7.69. The van der Waals surface area contributed by atoms with Crippen molar-refractivity contribution in [1.82, 2.24) is 0 Å². The fraction of sp³-hybridized carbons (Fsp3) is 1.00. The molecule has 0 unspecified atom stereocenters. The Kier molecular flexibility index (Phi) is 4.04. The van der Waals surface area contributed by atoms with Gasteiger partial charge in [-0.1, -0.05) is 0 Å². The van der Waals surface area contributed by atoms with E-state index in [9.17, 15) is 0 Å². The molecule has 2 nitrogen and oxygen atoms in total. The average molecular weight is 175 g/mol. The van der Waals surface area contributed by atoms with Crippen LogP contribution in [-0.2, 0) is 16.5 Å². The van der Waals surface area contributed by atoms with Crippen LogP contribution in [0.3, 0.4) is 0 Å². The molecule has 0 heterocycles.